The van der Waals surface area contributed by atoms with Gasteiger partial charge in [0.25, 0.3) is 0 Å². The molecule has 0 aromatic heterocycles. The van der Waals surface area contributed by atoms with E-state index in [9.17, 15) is 4.79 Å². The summed E-state index contributed by atoms with van der Waals surface area (Å²) in [6, 6.07) is 0. The van der Waals surface area contributed by atoms with E-state index < -0.39 is 6.16 Å². The zero-order chi connectivity index (χ0) is 11.1. The van der Waals surface area contributed by atoms with E-state index in [0.29, 0.717) is 0 Å². The van der Waals surface area contributed by atoms with Gasteiger partial charge in [-0.2, -0.15) is 0 Å². The molecule has 0 saturated carbocycles. The number of nitrogens with zero attached hydrogens (tertiary/aromatic N) is 1. The van der Waals surface area contributed by atoms with E-state index in [2.05, 4.69) is 12.2 Å². The van der Waals surface area contributed by atoms with Gasteiger partial charge in [-0.1, -0.05) is 20.3 Å². The minimum absolute atomic E-state index is 0.0103. The van der Waals surface area contributed by atoms with Gasteiger partial charge in [-0.15, -0.1) is 0 Å². The maximum atomic E-state index is 11.3. The standard InChI is InChI=1S/C11H20NO3/c1-3-6-9(4-2)14-11(13)15-10-7-5-8-12-10/h9-10H,3-8H2,1-2H3. The normalized spacial score (nSPS) is 22.4. The molecule has 1 rings (SSSR count). The molecule has 87 valence electrons. The van der Waals surface area contributed by atoms with Crippen LogP contribution in [-0.4, -0.2) is 25.0 Å². The van der Waals surface area contributed by atoms with Crippen LogP contribution in [0.4, 0.5) is 4.79 Å². The Morgan fingerprint density at radius 1 is 1.53 bits per heavy atom. The molecule has 0 bridgehead atoms. The smallest absolute Gasteiger partial charge is 0.431 e. The topological polar surface area (TPSA) is 49.6 Å². The van der Waals surface area contributed by atoms with Crippen molar-refractivity contribution < 1.29 is 14.3 Å². The van der Waals surface area contributed by atoms with Gasteiger partial charge in [0.05, 0.1) is 0 Å². The number of rotatable bonds is 5. The first-order valence-electron chi connectivity index (χ1n) is 5.80. The van der Waals surface area contributed by atoms with Gasteiger partial charge in [0.1, 0.15) is 6.10 Å². The molecule has 0 spiro atoms. The van der Waals surface area contributed by atoms with E-state index in [0.717, 1.165) is 38.6 Å². The Hall–Kier alpha value is -0.770. The first kappa shape index (κ1) is 12.3. The molecule has 4 nitrogen and oxygen atoms in total. The Balaban J connectivity index is 2.20. The predicted molar refractivity (Wildman–Crippen MR) is 56.6 cm³/mol. The van der Waals surface area contributed by atoms with Crippen molar-refractivity contribution in [1.29, 1.82) is 0 Å². The molecular formula is C11H20NO3. The summed E-state index contributed by atoms with van der Waals surface area (Å²) in [5, 5.41) is 4.13. The molecule has 0 amide bonds. The first-order valence-corrected chi connectivity index (χ1v) is 5.80. The summed E-state index contributed by atoms with van der Waals surface area (Å²) >= 11 is 0. The highest BCUT2D eigenvalue weighted by atomic mass is 16.7. The second kappa shape index (κ2) is 6.67. The van der Waals surface area contributed by atoms with Gasteiger partial charge < -0.3 is 9.47 Å². The molecule has 0 aromatic rings. The van der Waals surface area contributed by atoms with Crippen LogP contribution in [0.3, 0.4) is 0 Å². The third-order valence-corrected chi connectivity index (χ3v) is 2.50. The molecule has 4 heteroatoms. The summed E-state index contributed by atoms with van der Waals surface area (Å²) in [6.07, 6.45) is 3.74. The molecule has 2 unspecified atom stereocenters. The van der Waals surface area contributed by atoms with E-state index in [1.807, 2.05) is 6.92 Å². The Bertz CT molecular complexity index is 190. The number of hydrogen-bond donors (Lipinski definition) is 0. The molecule has 0 aliphatic carbocycles. The molecule has 1 heterocycles. The van der Waals surface area contributed by atoms with Crippen LogP contribution >= 0.6 is 0 Å². The summed E-state index contributed by atoms with van der Waals surface area (Å²) in [4.78, 5) is 11.3. The lowest BCUT2D eigenvalue weighted by Crippen LogP contribution is -2.26. The van der Waals surface area contributed by atoms with Gasteiger partial charge in [0, 0.05) is 13.0 Å². The number of ether oxygens (including phenoxy) is 2. The van der Waals surface area contributed by atoms with Crippen molar-refractivity contribution in [1.82, 2.24) is 5.32 Å². The van der Waals surface area contributed by atoms with Gasteiger partial charge in [-0.25, -0.2) is 10.1 Å². The molecule has 15 heavy (non-hydrogen) atoms. The third-order valence-electron chi connectivity index (χ3n) is 2.50. The van der Waals surface area contributed by atoms with Crippen LogP contribution in [0.1, 0.15) is 46.0 Å². The van der Waals surface area contributed by atoms with Crippen LogP contribution in [-0.2, 0) is 9.47 Å². The average Bonchev–Trinajstić information content (AvgIpc) is 2.69. The Labute approximate surface area is 91.3 Å². The summed E-state index contributed by atoms with van der Waals surface area (Å²) < 4.78 is 10.2. The number of carbonyl (C=O) groups is 1. The Morgan fingerprint density at radius 2 is 2.33 bits per heavy atom. The van der Waals surface area contributed by atoms with Crippen molar-refractivity contribution in [3.8, 4) is 0 Å². The van der Waals surface area contributed by atoms with Crippen LogP contribution in [0.25, 0.3) is 0 Å². The van der Waals surface area contributed by atoms with Crippen LogP contribution in [0, 0.1) is 0 Å². The summed E-state index contributed by atoms with van der Waals surface area (Å²) in [6.45, 7) is 4.88. The Kier molecular flexibility index (Phi) is 5.47. The monoisotopic (exact) mass is 214 g/mol. The lowest BCUT2D eigenvalue weighted by molar-refractivity contribution is -0.00921. The highest BCUT2D eigenvalue weighted by Gasteiger charge is 2.22. The zero-order valence-electron chi connectivity index (χ0n) is 9.57. The number of carbonyl (C=O) groups excluding carboxylic acids is 1. The molecular weight excluding hydrogens is 194 g/mol. The van der Waals surface area contributed by atoms with Gasteiger partial charge in [-0.05, 0) is 19.3 Å². The fourth-order valence-electron chi connectivity index (χ4n) is 1.63. The lowest BCUT2D eigenvalue weighted by Gasteiger charge is -2.16. The molecule has 1 aliphatic heterocycles. The van der Waals surface area contributed by atoms with E-state index in [1.165, 1.54) is 0 Å². The predicted octanol–water partition coefficient (Wildman–Crippen LogP) is 2.44. The van der Waals surface area contributed by atoms with Crippen molar-refractivity contribution in [2.75, 3.05) is 6.54 Å². The summed E-state index contributed by atoms with van der Waals surface area (Å²) in [5.41, 5.74) is 0. The van der Waals surface area contributed by atoms with Crippen molar-refractivity contribution >= 4 is 6.16 Å². The van der Waals surface area contributed by atoms with E-state index >= 15 is 0 Å². The Morgan fingerprint density at radius 3 is 2.87 bits per heavy atom. The largest absolute Gasteiger partial charge is 0.510 e. The molecule has 0 aromatic carbocycles. The van der Waals surface area contributed by atoms with Crippen molar-refractivity contribution in [3.05, 3.63) is 0 Å². The molecule has 0 N–H and O–H groups in total. The molecule has 1 radical (unpaired) electrons. The SMILES string of the molecule is CCCC(CC)OC(=O)OC1CCC[N]1. The maximum absolute atomic E-state index is 11.3. The molecule has 1 saturated heterocycles. The first-order chi connectivity index (χ1) is 7.26. The van der Waals surface area contributed by atoms with E-state index in [4.69, 9.17) is 9.47 Å². The van der Waals surface area contributed by atoms with E-state index in [1.54, 1.807) is 0 Å². The maximum Gasteiger partial charge on any atom is 0.510 e. The average molecular weight is 214 g/mol. The van der Waals surface area contributed by atoms with Crippen LogP contribution in [0.2, 0.25) is 0 Å². The van der Waals surface area contributed by atoms with Gasteiger partial charge in [-0.3, -0.25) is 0 Å². The van der Waals surface area contributed by atoms with E-state index in [-0.39, 0.29) is 12.3 Å². The van der Waals surface area contributed by atoms with Gasteiger partial charge in [0.2, 0.25) is 0 Å². The summed E-state index contributed by atoms with van der Waals surface area (Å²) in [7, 11) is 0. The van der Waals surface area contributed by atoms with Crippen molar-refractivity contribution in [2.24, 2.45) is 0 Å². The van der Waals surface area contributed by atoms with Crippen LogP contribution < -0.4 is 5.32 Å². The fourth-order valence-corrected chi connectivity index (χ4v) is 1.63. The fraction of sp³-hybridized carbons (Fsp3) is 0.909. The quantitative estimate of drug-likeness (QED) is 0.660. The van der Waals surface area contributed by atoms with Crippen LogP contribution in [0.5, 0.6) is 0 Å². The minimum Gasteiger partial charge on any atom is -0.431 e. The lowest BCUT2D eigenvalue weighted by atomic mass is 10.2. The van der Waals surface area contributed by atoms with Gasteiger partial charge >= 0.3 is 6.16 Å². The second-order valence-electron chi connectivity index (χ2n) is 3.81. The van der Waals surface area contributed by atoms with Crippen LogP contribution in [0.15, 0.2) is 0 Å². The molecule has 2 atom stereocenters. The minimum atomic E-state index is -0.564. The zero-order valence-corrected chi connectivity index (χ0v) is 9.57. The van der Waals surface area contributed by atoms with Gasteiger partial charge in [0.15, 0.2) is 6.23 Å². The highest BCUT2D eigenvalue weighted by molar-refractivity contribution is 5.60. The third kappa shape index (κ3) is 4.51. The summed E-state index contributed by atoms with van der Waals surface area (Å²) in [5.74, 6) is 0. The van der Waals surface area contributed by atoms with Crippen molar-refractivity contribution in [3.63, 3.8) is 0 Å². The number of hydrogen-bond acceptors (Lipinski definition) is 3. The highest BCUT2D eigenvalue weighted by Crippen LogP contribution is 2.12. The van der Waals surface area contributed by atoms with Crippen molar-refractivity contribution in [2.45, 2.75) is 58.3 Å². The molecule has 1 fully saturated rings. The molecule has 1 aliphatic rings. The second-order valence-corrected chi connectivity index (χ2v) is 3.81.